The van der Waals surface area contributed by atoms with Crippen LogP contribution in [0.1, 0.15) is 36.7 Å². The molecular formula is C27H24N2O4S. The average molecular weight is 473 g/mol. The van der Waals surface area contributed by atoms with E-state index in [-0.39, 0.29) is 17.5 Å². The van der Waals surface area contributed by atoms with Gasteiger partial charge in [0, 0.05) is 21.4 Å². The van der Waals surface area contributed by atoms with Gasteiger partial charge in [0.15, 0.2) is 12.4 Å². The quantitative estimate of drug-likeness (QED) is 0.308. The number of ether oxygens (including phenoxy) is 1. The molecule has 0 radical (unpaired) electrons. The Balaban J connectivity index is 1.47. The minimum Gasteiger partial charge on any atom is -0.455 e. The van der Waals surface area contributed by atoms with E-state index in [1.54, 1.807) is 6.92 Å². The van der Waals surface area contributed by atoms with Crippen LogP contribution in [-0.2, 0) is 14.3 Å². The second-order valence-corrected chi connectivity index (χ2v) is 9.70. The molecule has 1 aliphatic carbocycles. The number of nitrogens with zero attached hydrogens (tertiary/aromatic N) is 1. The van der Waals surface area contributed by atoms with Crippen molar-refractivity contribution < 1.29 is 19.1 Å². The number of amides is 1. The highest BCUT2D eigenvalue weighted by Crippen LogP contribution is 2.42. The van der Waals surface area contributed by atoms with Crippen molar-refractivity contribution in [2.45, 2.75) is 31.2 Å². The van der Waals surface area contributed by atoms with Crippen LogP contribution in [0.25, 0.3) is 21.9 Å². The number of nitriles is 1. The zero-order chi connectivity index (χ0) is 24.5. The molecule has 0 aromatic heterocycles. The molecule has 0 bridgehead atoms. The topological polar surface area (TPSA) is 96.3 Å². The summed E-state index contributed by atoms with van der Waals surface area (Å²) in [6.07, 6.45) is 0. The van der Waals surface area contributed by atoms with Gasteiger partial charge in [-0.05, 0) is 35.4 Å². The lowest BCUT2D eigenvalue weighted by Crippen LogP contribution is -2.50. The summed E-state index contributed by atoms with van der Waals surface area (Å²) in [5.41, 5.74) is 2.21. The van der Waals surface area contributed by atoms with E-state index >= 15 is 0 Å². The third-order valence-electron chi connectivity index (χ3n) is 6.20. The molecule has 4 rings (SSSR count). The first kappa shape index (κ1) is 23.5. The highest BCUT2D eigenvalue weighted by molar-refractivity contribution is 8.00. The van der Waals surface area contributed by atoms with Crippen molar-refractivity contribution in [1.29, 1.82) is 5.26 Å². The highest BCUT2D eigenvalue weighted by Gasteiger charge is 2.30. The normalized spacial score (nSPS) is 13.7. The zero-order valence-corrected chi connectivity index (χ0v) is 20.0. The molecule has 0 aliphatic heterocycles. The molecule has 172 valence electrons. The van der Waals surface area contributed by atoms with Crippen LogP contribution in [0.5, 0.6) is 0 Å². The van der Waals surface area contributed by atoms with Crippen molar-refractivity contribution in [3.05, 3.63) is 65.7 Å². The highest BCUT2D eigenvalue weighted by atomic mass is 32.2. The first-order valence-electron chi connectivity index (χ1n) is 11.0. The minimum atomic E-state index is -1.03. The van der Waals surface area contributed by atoms with Crippen molar-refractivity contribution in [3.63, 3.8) is 0 Å². The molecule has 6 nitrogen and oxygen atoms in total. The van der Waals surface area contributed by atoms with E-state index in [9.17, 15) is 19.6 Å². The number of thioether (sulfide) groups is 1. The van der Waals surface area contributed by atoms with Crippen LogP contribution in [-0.4, -0.2) is 35.6 Å². The second kappa shape index (κ2) is 9.32. The van der Waals surface area contributed by atoms with E-state index in [1.807, 2.05) is 68.4 Å². The molecule has 3 aromatic rings. The summed E-state index contributed by atoms with van der Waals surface area (Å²) in [7, 11) is 0. The third-order valence-corrected chi connectivity index (χ3v) is 7.25. The van der Waals surface area contributed by atoms with Crippen molar-refractivity contribution in [1.82, 2.24) is 5.32 Å². The van der Waals surface area contributed by atoms with Crippen molar-refractivity contribution >= 4 is 40.2 Å². The molecule has 3 aromatic carbocycles. The Morgan fingerprint density at radius 2 is 1.74 bits per heavy atom. The van der Waals surface area contributed by atoms with E-state index in [2.05, 4.69) is 11.4 Å². The Kier molecular flexibility index (Phi) is 6.45. The van der Waals surface area contributed by atoms with E-state index in [1.165, 1.54) is 11.8 Å². The predicted molar refractivity (Wildman–Crippen MR) is 131 cm³/mol. The number of nitrogens with one attached hydrogen (secondary N) is 1. The summed E-state index contributed by atoms with van der Waals surface area (Å²) < 4.78 is 5.12. The lowest BCUT2D eigenvalue weighted by Gasteiger charge is -2.27. The van der Waals surface area contributed by atoms with Crippen LogP contribution in [0.15, 0.2) is 59.5 Å². The maximum Gasteiger partial charge on any atom is 0.316 e. The SMILES string of the molecule is CC(C)[C@](C)(C#N)NC(=O)COC(=O)CSc1ccc2c3c(cccc13)C(=O)c1ccccc1-2. The summed E-state index contributed by atoms with van der Waals surface area (Å²) in [5.74, 6) is -1.15. The number of fused-ring (bicyclic) bond motifs is 2. The van der Waals surface area contributed by atoms with Gasteiger partial charge in [-0.25, -0.2) is 0 Å². The maximum absolute atomic E-state index is 13.0. The number of hydrogen-bond donors (Lipinski definition) is 1. The smallest absolute Gasteiger partial charge is 0.316 e. The number of carbonyl (C=O) groups is 3. The van der Waals surface area contributed by atoms with Gasteiger partial charge in [-0.1, -0.05) is 62.4 Å². The Morgan fingerprint density at radius 1 is 1.03 bits per heavy atom. The molecule has 0 saturated heterocycles. The van der Waals surface area contributed by atoms with E-state index < -0.39 is 24.0 Å². The summed E-state index contributed by atoms with van der Waals surface area (Å²) in [6.45, 7) is 4.85. The molecule has 0 saturated carbocycles. The molecule has 7 heteroatoms. The van der Waals surface area contributed by atoms with Crippen molar-refractivity contribution in [2.24, 2.45) is 5.92 Å². The predicted octanol–water partition coefficient (Wildman–Crippen LogP) is 4.74. The fourth-order valence-electron chi connectivity index (χ4n) is 3.93. The van der Waals surface area contributed by atoms with Crippen LogP contribution in [0, 0.1) is 17.2 Å². The van der Waals surface area contributed by atoms with Gasteiger partial charge in [0.2, 0.25) is 0 Å². The zero-order valence-electron chi connectivity index (χ0n) is 19.2. The van der Waals surface area contributed by atoms with Gasteiger partial charge in [-0.2, -0.15) is 5.26 Å². The fourth-order valence-corrected chi connectivity index (χ4v) is 4.78. The molecule has 1 amide bonds. The number of hydrogen-bond acceptors (Lipinski definition) is 6. The average Bonchev–Trinajstić information content (AvgIpc) is 2.84. The van der Waals surface area contributed by atoms with Crippen LogP contribution in [0.3, 0.4) is 0 Å². The van der Waals surface area contributed by atoms with Crippen molar-refractivity contribution in [2.75, 3.05) is 12.4 Å². The molecule has 0 heterocycles. The largest absolute Gasteiger partial charge is 0.455 e. The summed E-state index contributed by atoms with van der Waals surface area (Å²) >= 11 is 1.30. The van der Waals surface area contributed by atoms with Crippen LogP contribution in [0.2, 0.25) is 0 Å². The van der Waals surface area contributed by atoms with E-state index in [0.29, 0.717) is 11.1 Å². The summed E-state index contributed by atoms with van der Waals surface area (Å²) in [5, 5.41) is 13.7. The van der Waals surface area contributed by atoms with Gasteiger partial charge in [0.05, 0.1) is 11.8 Å². The lowest BCUT2D eigenvalue weighted by molar-refractivity contribution is -0.146. The van der Waals surface area contributed by atoms with Gasteiger partial charge in [0.1, 0.15) is 5.54 Å². The first-order chi connectivity index (χ1) is 16.2. The molecule has 1 atom stereocenters. The van der Waals surface area contributed by atoms with Crippen LogP contribution >= 0.6 is 11.8 Å². The van der Waals surface area contributed by atoms with Crippen LogP contribution in [0.4, 0.5) is 0 Å². The molecule has 1 N–H and O–H groups in total. The summed E-state index contributed by atoms with van der Waals surface area (Å²) in [6, 6.07) is 19.2. The third kappa shape index (κ3) is 4.29. The molecule has 1 aliphatic rings. The Morgan fingerprint density at radius 3 is 2.44 bits per heavy atom. The molecule has 0 spiro atoms. The Bertz CT molecular complexity index is 1360. The second-order valence-electron chi connectivity index (χ2n) is 8.68. The fraction of sp³-hybridized carbons (Fsp3) is 0.259. The maximum atomic E-state index is 13.0. The minimum absolute atomic E-state index is 0.00737. The van der Waals surface area contributed by atoms with Crippen molar-refractivity contribution in [3.8, 4) is 17.2 Å². The monoisotopic (exact) mass is 472 g/mol. The number of carbonyl (C=O) groups excluding carboxylic acids is 3. The van der Waals surface area contributed by atoms with Gasteiger partial charge >= 0.3 is 5.97 Å². The molecule has 0 unspecified atom stereocenters. The molecule has 34 heavy (non-hydrogen) atoms. The summed E-state index contributed by atoms with van der Waals surface area (Å²) in [4.78, 5) is 38.3. The standard InChI is InChI=1S/C27H24N2O4S/c1-16(2)27(3,15-28)29-23(30)13-33-24(31)14-34-22-12-11-18-17-7-4-5-8-19(17)26(32)21-10-6-9-20(22)25(18)21/h4-12,16H,13-14H2,1-3H3,(H,29,30)/t27-/m0/s1. The number of rotatable bonds is 7. The number of ketones is 1. The Hall–Kier alpha value is -3.63. The van der Waals surface area contributed by atoms with Gasteiger partial charge in [-0.15, -0.1) is 11.8 Å². The van der Waals surface area contributed by atoms with E-state index in [4.69, 9.17) is 4.74 Å². The Labute approximate surface area is 202 Å². The van der Waals surface area contributed by atoms with E-state index in [0.717, 1.165) is 26.8 Å². The lowest BCUT2D eigenvalue weighted by atomic mass is 9.83. The molecular weight excluding hydrogens is 448 g/mol. The number of benzene rings is 3. The van der Waals surface area contributed by atoms with Gasteiger partial charge < -0.3 is 10.1 Å². The first-order valence-corrected chi connectivity index (χ1v) is 11.9. The van der Waals surface area contributed by atoms with Gasteiger partial charge in [0.25, 0.3) is 5.91 Å². The van der Waals surface area contributed by atoms with Crippen LogP contribution < -0.4 is 5.32 Å². The number of esters is 1. The van der Waals surface area contributed by atoms with Gasteiger partial charge in [-0.3, -0.25) is 14.4 Å². The molecule has 0 fully saturated rings.